The van der Waals surface area contributed by atoms with Gasteiger partial charge in [-0.2, -0.15) is 0 Å². The zero-order valence-corrected chi connectivity index (χ0v) is 11.1. The molecular formula is C15H23NO. The molecule has 1 aromatic carbocycles. The maximum Gasteiger partial charge on any atom is 0.0713 e. The molecule has 0 atom stereocenters. The quantitative estimate of drug-likeness (QED) is 0.730. The molecule has 2 nitrogen and oxygen atoms in total. The van der Waals surface area contributed by atoms with Crippen LogP contribution in [0.2, 0.25) is 0 Å². The summed E-state index contributed by atoms with van der Waals surface area (Å²) in [5.41, 5.74) is 3.82. The van der Waals surface area contributed by atoms with Crippen molar-refractivity contribution in [2.75, 3.05) is 20.2 Å². The van der Waals surface area contributed by atoms with Gasteiger partial charge in [-0.3, -0.25) is 0 Å². The Morgan fingerprint density at radius 1 is 1.29 bits per heavy atom. The van der Waals surface area contributed by atoms with Crippen molar-refractivity contribution in [3.8, 4) is 0 Å². The summed E-state index contributed by atoms with van der Waals surface area (Å²) in [6, 6.07) is 8.50. The highest BCUT2D eigenvalue weighted by molar-refractivity contribution is 5.53. The van der Waals surface area contributed by atoms with Gasteiger partial charge in [-0.25, -0.2) is 0 Å². The van der Waals surface area contributed by atoms with Gasteiger partial charge >= 0.3 is 0 Å². The molecule has 0 aliphatic carbocycles. The molecule has 0 unspecified atom stereocenters. The van der Waals surface area contributed by atoms with Crippen molar-refractivity contribution in [2.45, 2.75) is 26.9 Å². The SMILES string of the molecule is CCCNCC(C)=Cc1ccc(COC)cc1. The van der Waals surface area contributed by atoms with Gasteiger partial charge in [-0.1, -0.05) is 42.8 Å². The Labute approximate surface area is 105 Å². The number of hydrogen-bond donors (Lipinski definition) is 1. The van der Waals surface area contributed by atoms with Crippen LogP contribution in [0.15, 0.2) is 29.8 Å². The van der Waals surface area contributed by atoms with E-state index in [2.05, 4.69) is 49.5 Å². The maximum absolute atomic E-state index is 5.09. The third-order valence-corrected chi connectivity index (χ3v) is 2.53. The second-order valence-corrected chi connectivity index (χ2v) is 4.34. The summed E-state index contributed by atoms with van der Waals surface area (Å²) in [6.07, 6.45) is 3.40. The summed E-state index contributed by atoms with van der Waals surface area (Å²) in [5, 5.41) is 3.40. The minimum atomic E-state index is 0.682. The van der Waals surface area contributed by atoms with Gasteiger partial charge < -0.3 is 10.1 Å². The summed E-state index contributed by atoms with van der Waals surface area (Å²) in [5.74, 6) is 0. The molecule has 0 aliphatic heterocycles. The Hall–Kier alpha value is -1.12. The van der Waals surface area contributed by atoms with E-state index in [1.54, 1.807) is 7.11 Å². The van der Waals surface area contributed by atoms with E-state index >= 15 is 0 Å². The van der Waals surface area contributed by atoms with Crippen LogP contribution in [0.1, 0.15) is 31.4 Å². The number of ether oxygens (including phenoxy) is 1. The number of methoxy groups -OCH3 is 1. The summed E-state index contributed by atoms with van der Waals surface area (Å²) in [4.78, 5) is 0. The van der Waals surface area contributed by atoms with Crippen LogP contribution in [0.4, 0.5) is 0 Å². The fraction of sp³-hybridized carbons (Fsp3) is 0.467. The van der Waals surface area contributed by atoms with Crippen LogP contribution in [0.25, 0.3) is 6.08 Å². The molecule has 1 rings (SSSR count). The molecule has 0 aromatic heterocycles. The fourth-order valence-electron chi connectivity index (χ4n) is 1.67. The molecule has 0 fully saturated rings. The molecule has 0 saturated carbocycles. The lowest BCUT2D eigenvalue weighted by Gasteiger charge is -2.04. The van der Waals surface area contributed by atoms with Crippen molar-refractivity contribution in [3.63, 3.8) is 0 Å². The predicted molar refractivity (Wildman–Crippen MR) is 74.0 cm³/mol. The molecule has 0 saturated heterocycles. The first-order valence-corrected chi connectivity index (χ1v) is 6.22. The van der Waals surface area contributed by atoms with E-state index in [1.165, 1.54) is 23.1 Å². The second-order valence-electron chi connectivity index (χ2n) is 4.34. The molecule has 94 valence electrons. The van der Waals surface area contributed by atoms with Crippen molar-refractivity contribution in [1.29, 1.82) is 0 Å². The lowest BCUT2D eigenvalue weighted by molar-refractivity contribution is 0.185. The van der Waals surface area contributed by atoms with Crippen molar-refractivity contribution in [3.05, 3.63) is 41.0 Å². The smallest absolute Gasteiger partial charge is 0.0713 e. The molecule has 0 spiro atoms. The molecule has 0 amide bonds. The van der Waals surface area contributed by atoms with E-state index in [0.717, 1.165) is 13.1 Å². The van der Waals surface area contributed by atoms with Crippen molar-refractivity contribution >= 4 is 6.08 Å². The molecule has 2 heteroatoms. The first-order valence-electron chi connectivity index (χ1n) is 6.22. The number of benzene rings is 1. The summed E-state index contributed by atoms with van der Waals surface area (Å²) >= 11 is 0. The molecular weight excluding hydrogens is 210 g/mol. The van der Waals surface area contributed by atoms with Gasteiger partial charge in [-0.05, 0) is 31.0 Å². The van der Waals surface area contributed by atoms with Crippen LogP contribution >= 0.6 is 0 Å². The summed E-state index contributed by atoms with van der Waals surface area (Å²) in [6.45, 7) is 7.07. The first-order chi connectivity index (χ1) is 8.26. The second kappa shape index (κ2) is 8.04. The highest BCUT2D eigenvalue weighted by Gasteiger charge is 1.94. The van der Waals surface area contributed by atoms with Crippen LogP contribution in [0.3, 0.4) is 0 Å². The predicted octanol–water partition coefficient (Wildman–Crippen LogP) is 3.24. The van der Waals surface area contributed by atoms with Crippen LogP contribution < -0.4 is 5.32 Å². The largest absolute Gasteiger partial charge is 0.380 e. The molecule has 1 N–H and O–H groups in total. The Bertz CT molecular complexity index is 340. The fourth-order valence-corrected chi connectivity index (χ4v) is 1.67. The van der Waals surface area contributed by atoms with Gasteiger partial charge in [-0.15, -0.1) is 0 Å². The lowest BCUT2D eigenvalue weighted by Crippen LogP contribution is -2.16. The van der Waals surface area contributed by atoms with Crippen LogP contribution in [-0.4, -0.2) is 20.2 Å². The summed E-state index contributed by atoms with van der Waals surface area (Å²) in [7, 11) is 1.72. The van der Waals surface area contributed by atoms with Gasteiger partial charge in [0.15, 0.2) is 0 Å². The average Bonchev–Trinajstić information content (AvgIpc) is 2.32. The molecule has 0 heterocycles. The monoisotopic (exact) mass is 233 g/mol. The van der Waals surface area contributed by atoms with E-state index in [9.17, 15) is 0 Å². The minimum absolute atomic E-state index is 0.682. The number of hydrogen-bond acceptors (Lipinski definition) is 2. The van der Waals surface area contributed by atoms with Crippen molar-refractivity contribution in [1.82, 2.24) is 5.32 Å². The summed E-state index contributed by atoms with van der Waals surface area (Å²) < 4.78 is 5.09. The number of nitrogens with one attached hydrogen (secondary N) is 1. The van der Waals surface area contributed by atoms with Crippen molar-refractivity contribution < 1.29 is 4.74 Å². The van der Waals surface area contributed by atoms with Gasteiger partial charge in [0.05, 0.1) is 6.61 Å². The Morgan fingerprint density at radius 2 is 2.00 bits per heavy atom. The van der Waals surface area contributed by atoms with E-state index < -0.39 is 0 Å². The zero-order chi connectivity index (χ0) is 12.5. The van der Waals surface area contributed by atoms with Gasteiger partial charge in [0.2, 0.25) is 0 Å². The highest BCUT2D eigenvalue weighted by atomic mass is 16.5. The Balaban J connectivity index is 2.51. The lowest BCUT2D eigenvalue weighted by atomic mass is 10.1. The van der Waals surface area contributed by atoms with E-state index in [1.807, 2.05) is 0 Å². The third kappa shape index (κ3) is 5.66. The van der Waals surface area contributed by atoms with Crippen molar-refractivity contribution in [2.24, 2.45) is 0 Å². The van der Waals surface area contributed by atoms with E-state index in [0.29, 0.717) is 6.61 Å². The molecule has 0 bridgehead atoms. The van der Waals surface area contributed by atoms with Crippen LogP contribution in [0, 0.1) is 0 Å². The van der Waals surface area contributed by atoms with Gasteiger partial charge in [0.1, 0.15) is 0 Å². The standard InChI is InChI=1S/C15H23NO/c1-4-9-16-11-13(2)10-14-5-7-15(8-6-14)12-17-3/h5-8,10,16H,4,9,11-12H2,1-3H3. The normalized spacial score (nSPS) is 11.8. The first kappa shape index (κ1) is 13.9. The third-order valence-electron chi connectivity index (χ3n) is 2.53. The highest BCUT2D eigenvalue weighted by Crippen LogP contribution is 2.09. The molecule has 0 aliphatic rings. The Morgan fingerprint density at radius 3 is 2.59 bits per heavy atom. The zero-order valence-electron chi connectivity index (χ0n) is 11.1. The van der Waals surface area contributed by atoms with E-state index in [4.69, 9.17) is 4.74 Å². The topological polar surface area (TPSA) is 21.3 Å². The van der Waals surface area contributed by atoms with Gasteiger partial charge in [0.25, 0.3) is 0 Å². The molecule has 0 radical (unpaired) electrons. The number of rotatable bonds is 7. The maximum atomic E-state index is 5.09. The average molecular weight is 233 g/mol. The minimum Gasteiger partial charge on any atom is -0.380 e. The van der Waals surface area contributed by atoms with Gasteiger partial charge in [0, 0.05) is 13.7 Å². The van der Waals surface area contributed by atoms with Crippen LogP contribution in [-0.2, 0) is 11.3 Å². The van der Waals surface area contributed by atoms with Crippen LogP contribution in [0.5, 0.6) is 0 Å². The van der Waals surface area contributed by atoms with E-state index in [-0.39, 0.29) is 0 Å². The molecule has 17 heavy (non-hydrogen) atoms. The molecule has 1 aromatic rings. The Kier molecular flexibility index (Phi) is 6.60.